The van der Waals surface area contributed by atoms with Crippen molar-refractivity contribution >= 4 is 17.8 Å². The number of anilines is 1. The first kappa shape index (κ1) is 13.3. The van der Waals surface area contributed by atoms with Crippen LogP contribution < -0.4 is 10.2 Å². The highest BCUT2D eigenvalue weighted by Crippen LogP contribution is 2.17. The molecule has 2 heterocycles. The normalized spacial score (nSPS) is 19.0. The molecule has 1 saturated heterocycles. The number of hydrogen-bond donors (Lipinski definition) is 2. The summed E-state index contributed by atoms with van der Waals surface area (Å²) in [5, 5.41) is 12.2. The van der Waals surface area contributed by atoms with Crippen LogP contribution in [-0.4, -0.2) is 54.8 Å². The molecule has 1 atom stereocenters. The van der Waals surface area contributed by atoms with Crippen LogP contribution in [0.4, 0.5) is 5.82 Å². The van der Waals surface area contributed by atoms with Crippen molar-refractivity contribution in [3.63, 3.8) is 0 Å². The topological polar surface area (TPSA) is 91.8 Å². The van der Waals surface area contributed by atoms with Crippen molar-refractivity contribution in [2.24, 2.45) is 0 Å². The number of piperazine rings is 1. The van der Waals surface area contributed by atoms with E-state index in [1.807, 2.05) is 0 Å². The molecule has 0 bridgehead atoms. The van der Waals surface area contributed by atoms with E-state index in [0.717, 1.165) is 0 Å². The molecular weight excluding hydrogens is 250 g/mol. The van der Waals surface area contributed by atoms with Crippen molar-refractivity contribution in [2.75, 3.05) is 31.6 Å². The van der Waals surface area contributed by atoms with Crippen molar-refractivity contribution in [1.29, 1.82) is 0 Å². The maximum Gasteiger partial charge on any atom is 0.338 e. The van der Waals surface area contributed by atoms with E-state index in [9.17, 15) is 14.7 Å². The molecule has 19 heavy (non-hydrogen) atoms. The van der Waals surface area contributed by atoms with E-state index in [-0.39, 0.29) is 0 Å². The van der Waals surface area contributed by atoms with Gasteiger partial charge in [-0.15, -0.1) is 0 Å². The van der Waals surface area contributed by atoms with Crippen LogP contribution in [0, 0.1) is 0 Å². The van der Waals surface area contributed by atoms with E-state index >= 15 is 0 Å². The third-order valence-electron chi connectivity index (χ3n) is 2.99. The monoisotopic (exact) mass is 265 g/mol. The molecule has 102 valence electrons. The van der Waals surface area contributed by atoms with Gasteiger partial charge in [0.1, 0.15) is 11.9 Å². The summed E-state index contributed by atoms with van der Waals surface area (Å²) in [4.78, 5) is 28.5. The quantitative estimate of drug-likeness (QED) is 0.727. The van der Waals surface area contributed by atoms with Crippen LogP contribution in [0.2, 0.25) is 0 Å². The standard InChI is InChI=1S/C12H15N3O4/c1-19-12(18)8-2-3-14-10(6-8)15-5-4-13-7-9(15)11(16)17/h2-3,6,9,13H,4-5,7H2,1H3,(H,16,17). The number of nitrogens with zero attached hydrogens (tertiary/aromatic N) is 2. The molecule has 0 spiro atoms. The number of carboxylic acid groups (broad SMARTS) is 1. The van der Waals surface area contributed by atoms with Gasteiger partial charge in [0.05, 0.1) is 12.7 Å². The van der Waals surface area contributed by atoms with Gasteiger partial charge in [0.25, 0.3) is 0 Å². The SMILES string of the molecule is COC(=O)c1ccnc(N2CCNCC2C(=O)O)c1. The fraction of sp³-hybridized carbons (Fsp3) is 0.417. The van der Waals surface area contributed by atoms with Crippen molar-refractivity contribution < 1.29 is 19.4 Å². The smallest absolute Gasteiger partial charge is 0.338 e. The summed E-state index contributed by atoms with van der Waals surface area (Å²) in [6.07, 6.45) is 1.47. The molecule has 1 aromatic rings. The molecule has 1 aliphatic rings. The molecule has 1 aromatic heterocycles. The van der Waals surface area contributed by atoms with Crippen molar-refractivity contribution in [3.8, 4) is 0 Å². The number of nitrogens with one attached hydrogen (secondary N) is 1. The largest absolute Gasteiger partial charge is 0.480 e. The van der Waals surface area contributed by atoms with Gasteiger partial charge in [0, 0.05) is 25.8 Å². The average molecular weight is 265 g/mol. The van der Waals surface area contributed by atoms with Gasteiger partial charge in [-0.25, -0.2) is 14.6 Å². The molecule has 2 rings (SSSR count). The number of ether oxygens (including phenoxy) is 1. The molecule has 1 fully saturated rings. The van der Waals surface area contributed by atoms with Gasteiger partial charge in [-0.2, -0.15) is 0 Å². The van der Waals surface area contributed by atoms with Crippen LogP contribution in [0.15, 0.2) is 18.3 Å². The lowest BCUT2D eigenvalue weighted by Crippen LogP contribution is -2.55. The number of carboxylic acids is 1. The highest BCUT2D eigenvalue weighted by atomic mass is 16.5. The number of aliphatic carboxylic acids is 1. The Bertz CT molecular complexity index is 492. The van der Waals surface area contributed by atoms with Gasteiger partial charge >= 0.3 is 11.9 Å². The first-order chi connectivity index (χ1) is 9.13. The lowest BCUT2D eigenvalue weighted by atomic mass is 10.1. The summed E-state index contributed by atoms with van der Waals surface area (Å²) in [5.41, 5.74) is 0.357. The van der Waals surface area contributed by atoms with Crippen molar-refractivity contribution in [2.45, 2.75) is 6.04 Å². The van der Waals surface area contributed by atoms with E-state index in [0.29, 0.717) is 31.0 Å². The van der Waals surface area contributed by atoms with Crippen molar-refractivity contribution in [3.05, 3.63) is 23.9 Å². The number of methoxy groups -OCH3 is 1. The second-order valence-corrected chi connectivity index (χ2v) is 4.15. The molecular formula is C12H15N3O4. The van der Waals surface area contributed by atoms with Crippen LogP contribution in [0.25, 0.3) is 0 Å². The van der Waals surface area contributed by atoms with Crippen molar-refractivity contribution in [1.82, 2.24) is 10.3 Å². The minimum atomic E-state index is -0.919. The minimum absolute atomic E-state index is 0.347. The highest BCUT2D eigenvalue weighted by Gasteiger charge is 2.29. The number of esters is 1. The molecule has 1 aliphatic heterocycles. The first-order valence-electron chi connectivity index (χ1n) is 5.88. The Hall–Kier alpha value is -2.15. The number of rotatable bonds is 3. The maximum atomic E-state index is 11.5. The van der Waals surface area contributed by atoms with Gasteiger partial charge in [0.15, 0.2) is 0 Å². The van der Waals surface area contributed by atoms with E-state index in [4.69, 9.17) is 0 Å². The van der Waals surface area contributed by atoms with Gasteiger partial charge in [-0.3, -0.25) is 0 Å². The Labute approximate surface area is 110 Å². The highest BCUT2D eigenvalue weighted by molar-refractivity contribution is 5.90. The maximum absolute atomic E-state index is 11.5. The molecule has 0 aromatic carbocycles. The summed E-state index contributed by atoms with van der Waals surface area (Å²) >= 11 is 0. The lowest BCUT2D eigenvalue weighted by molar-refractivity contribution is -0.138. The van der Waals surface area contributed by atoms with Gasteiger partial charge < -0.3 is 20.1 Å². The number of aromatic nitrogens is 1. The fourth-order valence-corrected chi connectivity index (χ4v) is 2.02. The molecule has 2 N–H and O–H groups in total. The van der Waals surface area contributed by atoms with Crippen LogP contribution in [0.5, 0.6) is 0 Å². The second kappa shape index (κ2) is 5.66. The fourth-order valence-electron chi connectivity index (χ4n) is 2.02. The molecule has 7 nitrogen and oxygen atoms in total. The second-order valence-electron chi connectivity index (χ2n) is 4.15. The Morgan fingerprint density at radius 2 is 2.37 bits per heavy atom. The average Bonchev–Trinajstić information content (AvgIpc) is 2.46. The lowest BCUT2D eigenvalue weighted by Gasteiger charge is -2.34. The summed E-state index contributed by atoms with van der Waals surface area (Å²) in [5.74, 6) is -0.917. The number of carbonyl (C=O) groups excluding carboxylic acids is 1. The predicted octanol–water partition coefficient (Wildman–Crippen LogP) is -0.269. The zero-order chi connectivity index (χ0) is 13.8. The minimum Gasteiger partial charge on any atom is -0.480 e. The van der Waals surface area contributed by atoms with Gasteiger partial charge in [-0.1, -0.05) is 0 Å². The predicted molar refractivity (Wildman–Crippen MR) is 67.2 cm³/mol. The van der Waals surface area contributed by atoms with Crippen LogP contribution >= 0.6 is 0 Å². The van der Waals surface area contributed by atoms with E-state index < -0.39 is 18.0 Å². The van der Waals surface area contributed by atoms with E-state index in [1.165, 1.54) is 19.4 Å². The Balaban J connectivity index is 2.29. The van der Waals surface area contributed by atoms with Crippen LogP contribution in [-0.2, 0) is 9.53 Å². The van der Waals surface area contributed by atoms with E-state index in [1.54, 1.807) is 11.0 Å². The number of hydrogen-bond acceptors (Lipinski definition) is 6. The Kier molecular flexibility index (Phi) is 3.96. The third-order valence-corrected chi connectivity index (χ3v) is 2.99. The zero-order valence-electron chi connectivity index (χ0n) is 10.5. The zero-order valence-corrected chi connectivity index (χ0v) is 10.5. The molecule has 0 amide bonds. The molecule has 0 radical (unpaired) electrons. The number of carbonyl (C=O) groups is 2. The molecule has 7 heteroatoms. The van der Waals surface area contributed by atoms with Crippen LogP contribution in [0.1, 0.15) is 10.4 Å². The van der Waals surface area contributed by atoms with Crippen LogP contribution in [0.3, 0.4) is 0 Å². The summed E-state index contributed by atoms with van der Waals surface area (Å²) < 4.78 is 4.64. The van der Waals surface area contributed by atoms with Gasteiger partial charge in [0.2, 0.25) is 0 Å². The molecule has 1 unspecified atom stereocenters. The summed E-state index contributed by atoms with van der Waals surface area (Å²) in [6.45, 7) is 1.54. The first-order valence-corrected chi connectivity index (χ1v) is 5.88. The summed E-state index contributed by atoms with van der Waals surface area (Å²) in [7, 11) is 1.30. The molecule has 0 aliphatic carbocycles. The number of pyridine rings is 1. The Morgan fingerprint density at radius 1 is 1.58 bits per heavy atom. The Morgan fingerprint density at radius 3 is 3.05 bits per heavy atom. The summed E-state index contributed by atoms with van der Waals surface area (Å²) in [6, 6.07) is 2.40. The molecule has 0 saturated carbocycles. The third kappa shape index (κ3) is 2.82. The van der Waals surface area contributed by atoms with E-state index in [2.05, 4.69) is 15.0 Å². The van der Waals surface area contributed by atoms with Gasteiger partial charge in [-0.05, 0) is 12.1 Å².